The zero-order valence-electron chi connectivity index (χ0n) is 25.2. The molecule has 12 atom stereocenters. The Morgan fingerprint density at radius 1 is 1.12 bits per heavy atom. The van der Waals surface area contributed by atoms with Gasteiger partial charge in [0.05, 0.1) is 42.7 Å². The Labute approximate surface area is 248 Å². The first kappa shape index (κ1) is 30.6. The van der Waals surface area contributed by atoms with Gasteiger partial charge in [0, 0.05) is 43.1 Å². The Hall–Kier alpha value is -1.40. The quantitative estimate of drug-likeness (QED) is 0.199. The van der Waals surface area contributed by atoms with Crippen LogP contribution in [0.15, 0.2) is 16.6 Å². The second kappa shape index (κ2) is 11.2. The zero-order chi connectivity index (χ0) is 29.9. The lowest BCUT2D eigenvalue weighted by molar-refractivity contribution is -0.284. The number of ether oxygens (including phenoxy) is 4. The molecule has 4 N–H and O–H groups in total. The molecule has 2 heterocycles. The number of methoxy groups -OCH3 is 1. The van der Waals surface area contributed by atoms with Crippen molar-refractivity contribution in [3.8, 4) is 0 Å². The van der Waals surface area contributed by atoms with E-state index in [1.54, 1.807) is 13.2 Å². The molecule has 4 saturated carbocycles. The van der Waals surface area contributed by atoms with Crippen molar-refractivity contribution in [2.24, 2.45) is 33.6 Å². The van der Waals surface area contributed by atoms with Crippen molar-refractivity contribution in [2.75, 3.05) is 26.9 Å². The van der Waals surface area contributed by atoms with E-state index in [9.17, 15) is 25.2 Å². The number of nitrogens with zero attached hydrogens (tertiary/aromatic N) is 1. The fourth-order valence-electron chi connectivity index (χ4n) is 10.3. The second-order valence-electron chi connectivity index (χ2n) is 14.2. The minimum atomic E-state index is -1.08. The van der Waals surface area contributed by atoms with Crippen molar-refractivity contribution < 1.29 is 44.2 Å². The Kier molecular flexibility index (Phi) is 8.16. The SMILES string of the molecule is CO[C@H]1C[C@H](O[C@@H]2CC[C@]3(C=NCCO)[C@H]4CC[C@]5(C)[C@H](C6=CC(=O)OC6)CC[C@]5(O)[C@H]4CC[C@@]3(O)C2)O[C@H](C)[C@H]1O. The fraction of sp³-hybridized carbons (Fsp3) is 0.875. The number of esters is 1. The molecule has 4 aliphatic carbocycles. The van der Waals surface area contributed by atoms with Crippen molar-refractivity contribution in [2.45, 2.75) is 120 Å². The number of aliphatic hydroxyl groups is 4. The van der Waals surface area contributed by atoms with Gasteiger partial charge >= 0.3 is 5.97 Å². The summed E-state index contributed by atoms with van der Waals surface area (Å²) in [5.41, 5.74) is -2.00. The summed E-state index contributed by atoms with van der Waals surface area (Å²) in [7, 11) is 1.58. The van der Waals surface area contributed by atoms with Crippen LogP contribution in [-0.2, 0) is 23.7 Å². The molecule has 2 aliphatic heterocycles. The first-order valence-electron chi connectivity index (χ1n) is 16.0. The van der Waals surface area contributed by atoms with E-state index in [0.29, 0.717) is 51.6 Å². The van der Waals surface area contributed by atoms with Crippen LogP contribution in [-0.4, -0.2) is 101 Å². The molecular weight excluding hydrogens is 542 g/mol. The second-order valence-corrected chi connectivity index (χ2v) is 14.2. The number of carbonyl (C=O) groups is 1. The number of carbonyl (C=O) groups excluding carboxylic acids is 1. The number of rotatable bonds is 7. The third kappa shape index (κ3) is 4.63. The van der Waals surface area contributed by atoms with Crippen LogP contribution in [0.25, 0.3) is 0 Å². The van der Waals surface area contributed by atoms with Crippen LogP contribution in [0.3, 0.4) is 0 Å². The highest BCUT2D eigenvalue weighted by Crippen LogP contribution is 2.70. The zero-order valence-corrected chi connectivity index (χ0v) is 25.2. The van der Waals surface area contributed by atoms with Gasteiger partial charge in [-0.2, -0.15) is 0 Å². The average molecular weight is 592 g/mol. The van der Waals surface area contributed by atoms with E-state index < -0.39 is 35.1 Å². The molecule has 1 saturated heterocycles. The number of cyclic esters (lactones) is 1. The van der Waals surface area contributed by atoms with Crippen LogP contribution >= 0.6 is 0 Å². The lowest BCUT2D eigenvalue weighted by atomic mass is 9.41. The Bertz CT molecular complexity index is 1100. The largest absolute Gasteiger partial charge is 0.458 e. The maximum Gasteiger partial charge on any atom is 0.331 e. The number of aliphatic imine (C=N–C) groups is 1. The van der Waals surface area contributed by atoms with E-state index in [-0.39, 0.29) is 54.5 Å². The van der Waals surface area contributed by atoms with E-state index in [1.165, 1.54) is 0 Å². The van der Waals surface area contributed by atoms with Gasteiger partial charge in [0.15, 0.2) is 6.29 Å². The third-order valence-electron chi connectivity index (χ3n) is 12.5. The summed E-state index contributed by atoms with van der Waals surface area (Å²) in [4.78, 5) is 16.5. The molecule has 6 rings (SSSR count). The molecule has 0 amide bonds. The third-order valence-corrected chi connectivity index (χ3v) is 12.5. The molecule has 10 nitrogen and oxygen atoms in total. The Balaban J connectivity index is 1.25. The molecule has 0 aromatic rings. The Morgan fingerprint density at radius 3 is 2.62 bits per heavy atom. The van der Waals surface area contributed by atoms with Gasteiger partial charge in [-0.05, 0) is 81.6 Å². The average Bonchev–Trinajstić information content (AvgIpc) is 3.50. The summed E-state index contributed by atoms with van der Waals surface area (Å²) in [6, 6.07) is 0. The summed E-state index contributed by atoms with van der Waals surface area (Å²) in [6.45, 7) is 4.53. The van der Waals surface area contributed by atoms with Gasteiger partial charge < -0.3 is 39.4 Å². The van der Waals surface area contributed by atoms with Crippen molar-refractivity contribution in [3.63, 3.8) is 0 Å². The minimum absolute atomic E-state index is 0.00957. The van der Waals surface area contributed by atoms with Crippen LogP contribution in [0.1, 0.15) is 78.1 Å². The molecule has 0 aromatic heterocycles. The van der Waals surface area contributed by atoms with Gasteiger partial charge in [-0.3, -0.25) is 4.99 Å². The van der Waals surface area contributed by atoms with Crippen molar-refractivity contribution in [1.82, 2.24) is 0 Å². The van der Waals surface area contributed by atoms with E-state index in [0.717, 1.165) is 24.8 Å². The number of hydrogen-bond donors (Lipinski definition) is 4. The van der Waals surface area contributed by atoms with Crippen molar-refractivity contribution >= 4 is 12.2 Å². The highest BCUT2D eigenvalue weighted by molar-refractivity contribution is 5.85. The maximum atomic E-state index is 12.6. The molecule has 0 radical (unpaired) electrons. The topological polar surface area (TPSA) is 147 Å². The van der Waals surface area contributed by atoms with Crippen LogP contribution in [0, 0.1) is 28.6 Å². The minimum Gasteiger partial charge on any atom is -0.458 e. The summed E-state index contributed by atoms with van der Waals surface area (Å²) in [6.07, 6.45) is 7.86. The van der Waals surface area contributed by atoms with E-state index in [1.807, 2.05) is 13.1 Å². The first-order chi connectivity index (χ1) is 20.0. The van der Waals surface area contributed by atoms with Crippen LogP contribution in [0.4, 0.5) is 0 Å². The van der Waals surface area contributed by atoms with Gasteiger partial charge in [-0.1, -0.05) is 6.92 Å². The predicted octanol–water partition coefficient (Wildman–Crippen LogP) is 2.30. The summed E-state index contributed by atoms with van der Waals surface area (Å²) < 4.78 is 23.1. The standard InChI is InChI=1S/C32H49NO9/c1-19-28(36)25(39-3)15-27(41-19)42-21-4-9-30(18-33-12-13-34)23-5-8-29(2)22(20-14-26(35)40-17-20)7-11-32(29,38)24(23)6-10-31(30,37)16-21/h14,18-19,21-25,27-28,34,36-38H,4-13,15-17H2,1-3H3/t19-,21-,22+,23+,24+,25+,27+,28-,29-,30+,31-,32+/m1/s1. The van der Waals surface area contributed by atoms with Gasteiger partial charge in [-0.15, -0.1) is 0 Å². The molecule has 10 heteroatoms. The van der Waals surface area contributed by atoms with Gasteiger partial charge in [0.1, 0.15) is 12.7 Å². The summed E-state index contributed by atoms with van der Waals surface area (Å²) in [5, 5.41) is 45.0. The van der Waals surface area contributed by atoms with Gasteiger partial charge in [0.2, 0.25) is 0 Å². The molecule has 5 fully saturated rings. The number of fused-ring (bicyclic) bond motifs is 5. The highest BCUT2D eigenvalue weighted by Gasteiger charge is 2.71. The number of aliphatic hydroxyl groups excluding tert-OH is 2. The monoisotopic (exact) mass is 591 g/mol. The molecule has 0 unspecified atom stereocenters. The molecule has 42 heavy (non-hydrogen) atoms. The number of hydrogen-bond acceptors (Lipinski definition) is 10. The summed E-state index contributed by atoms with van der Waals surface area (Å²) >= 11 is 0. The fourth-order valence-corrected chi connectivity index (χ4v) is 10.3. The van der Waals surface area contributed by atoms with E-state index in [2.05, 4.69) is 11.9 Å². The van der Waals surface area contributed by atoms with Crippen LogP contribution < -0.4 is 0 Å². The Morgan fingerprint density at radius 2 is 1.90 bits per heavy atom. The lowest BCUT2D eigenvalue weighted by Gasteiger charge is -2.66. The molecule has 0 spiro atoms. The van der Waals surface area contributed by atoms with Gasteiger partial charge in [-0.25, -0.2) is 4.79 Å². The molecular formula is C32H49NO9. The highest BCUT2D eigenvalue weighted by atomic mass is 16.7. The van der Waals surface area contributed by atoms with Crippen LogP contribution in [0.2, 0.25) is 0 Å². The molecule has 0 bridgehead atoms. The normalized spacial score (nSPS) is 50.6. The smallest absolute Gasteiger partial charge is 0.331 e. The summed E-state index contributed by atoms with van der Waals surface area (Å²) in [5.74, 6) is -0.165. The maximum absolute atomic E-state index is 12.6. The first-order valence-corrected chi connectivity index (χ1v) is 16.0. The lowest BCUT2D eigenvalue weighted by Crippen LogP contribution is -2.69. The van der Waals surface area contributed by atoms with Gasteiger partial charge in [0.25, 0.3) is 0 Å². The van der Waals surface area contributed by atoms with Crippen LogP contribution in [0.5, 0.6) is 0 Å². The van der Waals surface area contributed by atoms with Crippen molar-refractivity contribution in [3.05, 3.63) is 11.6 Å². The van der Waals surface area contributed by atoms with E-state index >= 15 is 0 Å². The van der Waals surface area contributed by atoms with E-state index in [4.69, 9.17) is 18.9 Å². The molecule has 0 aromatic carbocycles. The van der Waals surface area contributed by atoms with Crippen molar-refractivity contribution in [1.29, 1.82) is 0 Å². The molecule has 6 aliphatic rings. The predicted molar refractivity (Wildman–Crippen MR) is 153 cm³/mol. The molecule has 236 valence electrons.